The number of phenolic OH excluding ortho intramolecular Hbond substituents is 1. The van der Waals surface area contributed by atoms with Gasteiger partial charge >= 0.3 is 0 Å². The summed E-state index contributed by atoms with van der Waals surface area (Å²) in [4.78, 5) is 0. The molecule has 0 aliphatic carbocycles. The molecule has 0 atom stereocenters. The Balaban J connectivity index is 2.93. The van der Waals surface area contributed by atoms with Gasteiger partial charge in [-0.2, -0.15) is 11.8 Å². The minimum atomic E-state index is 0.137. The molecular formula is C11H16OS. The summed E-state index contributed by atoms with van der Waals surface area (Å²) in [5.41, 5.74) is 1.33. The third kappa shape index (κ3) is 2.66. The Labute approximate surface area is 84.2 Å². The molecule has 1 nitrogen and oxygen atoms in total. The van der Waals surface area contributed by atoms with Gasteiger partial charge in [0.1, 0.15) is 5.75 Å². The van der Waals surface area contributed by atoms with E-state index in [1.54, 1.807) is 6.07 Å². The first-order valence-corrected chi connectivity index (χ1v) is 5.74. The van der Waals surface area contributed by atoms with Crippen molar-refractivity contribution in [3.8, 4) is 5.75 Å². The predicted octanol–water partition coefficient (Wildman–Crippen LogP) is 3.03. The zero-order valence-electron chi connectivity index (χ0n) is 8.37. The van der Waals surface area contributed by atoms with E-state index in [2.05, 4.69) is 26.2 Å². The van der Waals surface area contributed by atoms with E-state index in [1.807, 2.05) is 23.9 Å². The lowest BCUT2D eigenvalue weighted by Gasteiger charge is -2.24. The van der Waals surface area contributed by atoms with Gasteiger partial charge in [0, 0.05) is 5.75 Å². The second-order valence-electron chi connectivity index (χ2n) is 3.87. The lowest BCUT2D eigenvalue weighted by atomic mass is 9.87. The first-order valence-electron chi connectivity index (χ1n) is 4.35. The molecule has 0 bridgehead atoms. The van der Waals surface area contributed by atoms with Crippen molar-refractivity contribution in [2.45, 2.75) is 19.3 Å². The molecule has 0 aliphatic rings. The van der Waals surface area contributed by atoms with Crippen LogP contribution in [0.25, 0.3) is 0 Å². The van der Waals surface area contributed by atoms with Crippen molar-refractivity contribution in [1.29, 1.82) is 0 Å². The van der Waals surface area contributed by atoms with E-state index >= 15 is 0 Å². The van der Waals surface area contributed by atoms with Crippen molar-refractivity contribution in [2.24, 2.45) is 0 Å². The second-order valence-corrected chi connectivity index (χ2v) is 4.73. The molecule has 2 heteroatoms. The van der Waals surface area contributed by atoms with Gasteiger partial charge in [-0.1, -0.05) is 26.0 Å². The molecule has 0 unspecified atom stereocenters. The molecular weight excluding hydrogens is 180 g/mol. The van der Waals surface area contributed by atoms with E-state index in [0.29, 0.717) is 5.75 Å². The summed E-state index contributed by atoms with van der Waals surface area (Å²) in [5, 5.41) is 9.34. The monoisotopic (exact) mass is 196 g/mol. The summed E-state index contributed by atoms with van der Waals surface area (Å²) in [5.74, 6) is 1.42. The van der Waals surface area contributed by atoms with E-state index in [9.17, 15) is 5.11 Å². The van der Waals surface area contributed by atoms with Gasteiger partial charge in [0.05, 0.1) is 0 Å². The molecule has 1 rings (SSSR count). The molecule has 0 aliphatic heterocycles. The maximum atomic E-state index is 9.34. The van der Waals surface area contributed by atoms with Gasteiger partial charge in [-0.25, -0.2) is 0 Å². The summed E-state index contributed by atoms with van der Waals surface area (Å²) in [6.45, 7) is 4.39. The van der Waals surface area contributed by atoms with Crippen LogP contribution >= 0.6 is 11.8 Å². The molecule has 1 N–H and O–H groups in total. The third-order valence-electron chi connectivity index (χ3n) is 2.13. The Kier molecular flexibility index (Phi) is 3.26. The molecule has 0 spiro atoms. The van der Waals surface area contributed by atoms with Crippen LogP contribution in [0.4, 0.5) is 0 Å². The fourth-order valence-electron chi connectivity index (χ4n) is 1.37. The van der Waals surface area contributed by atoms with Crippen molar-refractivity contribution in [3.63, 3.8) is 0 Å². The zero-order valence-corrected chi connectivity index (χ0v) is 9.19. The highest BCUT2D eigenvalue weighted by Crippen LogP contribution is 2.28. The quantitative estimate of drug-likeness (QED) is 0.802. The van der Waals surface area contributed by atoms with Crippen LogP contribution in [0.15, 0.2) is 24.3 Å². The Hall–Kier alpha value is -0.630. The first-order chi connectivity index (χ1) is 6.06. The maximum absolute atomic E-state index is 9.34. The number of aromatic hydroxyl groups is 1. The van der Waals surface area contributed by atoms with Crippen LogP contribution in [0.5, 0.6) is 5.75 Å². The van der Waals surface area contributed by atoms with Crippen molar-refractivity contribution in [3.05, 3.63) is 29.8 Å². The molecule has 0 saturated heterocycles. The molecule has 0 radical (unpaired) electrons. The van der Waals surface area contributed by atoms with Crippen LogP contribution < -0.4 is 0 Å². The smallest absolute Gasteiger partial charge is 0.115 e. The third-order valence-corrected chi connectivity index (χ3v) is 3.14. The normalized spacial score (nSPS) is 11.6. The van der Waals surface area contributed by atoms with Gasteiger partial charge in [-0.15, -0.1) is 0 Å². The van der Waals surface area contributed by atoms with Gasteiger partial charge < -0.3 is 5.11 Å². The zero-order chi connectivity index (χ0) is 9.90. The molecule has 0 fully saturated rings. The lowest BCUT2D eigenvalue weighted by molar-refractivity contribution is 0.471. The Morgan fingerprint density at radius 2 is 2.08 bits per heavy atom. The fraction of sp³-hybridized carbons (Fsp3) is 0.455. The number of benzene rings is 1. The molecule has 0 saturated carbocycles. The summed E-state index contributed by atoms with van der Waals surface area (Å²) in [6.07, 6.45) is 2.10. The minimum absolute atomic E-state index is 0.137. The van der Waals surface area contributed by atoms with Crippen molar-refractivity contribution < 1.29 is 5.11 Å². The number of phenols is 1. The van der Waals surface area contributed by atoms with Crippen molar-refractivity contribution in [2.75, 3.05) is 12.0 Å². The highest BCUT2D eigenvalue weighted by atomic mass is 32.2. The van der Waals surface area contributed by atoms with Gasteiger partial charge in [0.2, 0.25) is 0 Å². The standard InChI is InChI=1S/C11H16OS/c1-11(2,8-13-3)9-5-4-6-10(12)7-9/h4-7,12H,8H2,1-3H3. The molecule has 72 valence electrons. The molecule has 1 aromatic rings. The second kappa shape index (κ2) is 4.05. The van der Waals surface area contributed by atoms with Gasteiger partial charge in [-0.05, 0) is 29.4 Å². The largest absolute Gasteiger partial charge is 0.508 e. The van der Waals surface area contributed by atoms with E-state index in [0.717, 1.165) is 5.75 Å². The topological polar surface area (TPSA) is 20.2 Å². The summed E-state index contributed by atoms with van der Waals surface area (Å²) in [6, 6.07) is 7.51. The van der Waals surface area contributed by atoms with Crippen LogP contribution in [0.2, 0.25) is 0 Å². The van der Waals surface area contributed by atoms with E-state index in [-0.39, 0.29) is 5.41 Å². The Bertz CT molecular complexity index is 281. The van der Waals surface area contributed by atoms with Gasteiger partial charge in [0.15, 0.2) is 0 Å². The molecule has 1 aromatic carbocycles. The average Bonchev–Trinajstić information content (AvgIpc) is 2.04. The van der Waals surface area contributed by atoms with E-state index in [1.165, 1.54) is 5.56 Å². The summed E-state index contributed by atoms with van der Waals surface area (Å²) < 4.78 is 0. The minimum Gasteiger partial charge on any atom is -0.508 e. The molecule has 0 aromatic heterocycles. The molecule has 0 heterocycles. The van der Waals surface area contributed by atoms with Crippen LogP contribution in [0.3, 0.4) is 0 Å². The fourth-order valence-corrected chi connectivity index (χ4v) is 2.26. The number of thioether (sulfide) groups is 1. The first kappa shape index (κ1) is 10.5. The maximum Gasteiger partial charge on any atom is 0.115 e. The van der Waals surface area contributed by atoms with Crippen LogP contribution in [-0.4, -0.2) is 17.1 Å². The highest BCUT2D eigenvalue weighted by Gasteiger charge is 2.19. The van der Waals surface area contributed by atoms with Crippen molar-refractivity contribution >= 4 is 11.8 Å². The van der Waals surface area contributed by atoms with Crippen LogP contribution in [0, 0.1) is 0 Å². The summed E-state index contributed by atoms with van der Waals surface area (Å²) >= 11 is 1.83. The Morgan fingerprint density at radius 1 is 1.38 bits per heavy atom. The Morgan fingerprint density at radius 3 is 2.62 bits per heavy atom. The lowest BCUT2D eigenvalue weighted by Crippen LogP contribution is -2.19. The van der Waals surface area contributed by atoms with Crippen molar-refractivity contribution in [1.82, 2.24) is 0 Å². The van der Waals surface area contributed by atoms with E-state index < -0.39 is 0 Å². The number of hydrogen-bond acceptors (Lipinski definition) is 2. The number of rotatable bonds is 3. The van der Waals surface area contributed by atoms with Crippen LogP contribution in [-0.2, 0) is 5.41 Å². The molecule has 0 amide bonds. The summed E-state index contributed by atoms with van der Waals surface area (Å²) in [7, 11) is 0. The highest BCUT2D eigenvalue weighted by molar-refractivity contribution is 7.98. The SMILES string of the molecule is CSCC(C)(C)c1cccc(O)c1. The number of hydrogen-bond donors (Lipinski definition) is 1. The predicted molar refractivity (Wildman–Crippen MR) is 59.5 cm³/mol. The molecule has 13 heavy (non-hydrogen) atoms. The van der Waals surface area contributed by atoms with Gasteiger partial charge in [0.25, 0.3) is 0 Å². The van der Waals surface area contributed by atoms with E-state index in [4.69, 9.17) is 0 Å². The average molecular weight is 196 g/mol. The van der Waals surface area contributed by atoms with Gasteiger partial charge in [-0.3, -0.25) is 0 Å². The van der Waals surface area contributed by atoms with Crippen LogP contribution in [0.1, 0.15) is 19.4 Å².